The number of rotatable bonds is 2. The van der Waals surface area contributed by atoms with E-state index in [1.807, 2.05) is 12.1 Å². The molecule has 0 heterocycles. The predicted octanol–water partition coefficient (Wildman–Crippen LogP) is 4.75. The summed E-state index contributed by atoms with van der Waals surface area (Å²) < 4.78 is 13.2. The van der Waals surface area contributed by atoms with Gasteiger partial charge in [0.25, 0.3) is 0 Å². The largest absolute Gasteiger partial charge is 0.321 e. The number of hydrogen-bond acceptors (Lipinski definition) is 1. The molecule has 0 radical (unpaired) electrons. The lowest BCUT2D eigenvalue weighted by Crippen LogP contribution is -2.49. The van der Waals surface area contributed by atoms with Crippen LogP contribution in [0.3, 0.4) is 0 Å². The third-order valence-electron chi connectivity index (χ3n) is 5.62. The Morgan fingerprint density at radius 3 is 2.25 bits per heavy atom. The Hall–Kier alpha value is -0.890. The quantitative estimate of drug-likeness (QED) is 0.828. The fourth-order valence-corrected chi connectivity index (χ4v) is 4.54. The average Bonchev–Trinajstić information content (AvgIpc) is 2.49. The van der Waals surface area contributed by atoms with Crippen molar-refractivity contribution in [2.75, 3.05) is 0 Å². The van der Waals surface area contributed by atoms with Crippen molar-refractivity contribution in [1.82, 2.24) is 0 Å². The van der Waals surface area contributed by atoms with Gasteiger partial charge in [0.2, 0.25) is 0 Å². The zero-order valence-electron chi connectivity index (χ0n) is 12.3. The Labute approximate surface area is 121 Å². The maximum absolute atomic E-state index is 13.2. The van der Waals surface area contributed by atoms with Gasteiger partial charge in [0, 0.05) is 5.54 Å². The molecule has 2 aliphatic carbocycles. The summed E-state index contributed by atoms with van der Waals surface area (Å²) in [6, 6.07) is 6.96. The normalized spacial score (nSPS) is 32.2. The van der Waals surface area contributed by atoms with Crippen molar-refractivity contribution in [2.45, 2.75) is 63.3 Å². The van der Waals surface area contributed by atoms with Gasteiger partial charge in [-0.05, 0) is 42.4 Å². The van der Waals surface area contributed by atoms with Gasteiger partial charge in [0.15, 0.2) is 0 Å². The molecule has 2 N–H and O–H groups in total. The molecule has 0 bridgehead atoms. The maximum atomic E-state index is 13.2. The third-order valence-corrected chi connectivity index (χ3v) is 5.62. The lowest BCUT2D eigenvalue weighted by molar-refractivity contribution is 0.0985. The van der Waals surface area contributed by atoms with Gasteiger partial charge in [0.05, 0.1) is 0 Å². The number of benzene rings is 1. The lowest BCUT2D eigenvalue weighted by Gasteiger charge is -2.47. The van der Waals surface area contributed by atoms with E-state index < -0.39 is 0 Å². The van der Waals surface area contributed by atoms with Crippen LogP contribution in [0.5, 0.6) is 0 Å². The highest BCUT2D eigenvalue weighted by Crippen LogP contribution is 2.47. The molecule has 20 heavy (non-hydrogen) atoms. The zero-order chi connectivity index (χ0) is 14.0. The van der Waals surface area contributed by atoms with Crippen LogP contribution in [0.15, 0.2) is 24.3 Å². The van der Waals surface area contributed by atoms with Gasteiger partial charge in [0.1, 0.15) is 5.82 Å². The van der Waals surface area contributed by atoms with Crippen LogP contribution in [0.2, 0.25) is 0 Å². The third kappa shape index (κ3) is 2.63. The fourth-order valence-electron chi connectivity index (χ4n) is 4.54. The highest BCUT2D eigenvalue weighted by molar-refractivity contribution is 5.26. The van der Waals surface area contributed by atoms with Gasteiger partial charge in [-0.2, -0.15) is 0 Å². The molecule has 1 nitrogen and oxygen atoms in total. The predicted molar refractivity (Wildman–Crippen MR) is 80.8 cm³/mol. The Balaban J connectivity index is 1.88. The van der Waals surface area contributed by atoms with E-state index in [4.69, 9.17) is 5.73 Å². The second-order valence-electron chi connectivity index (χ2n) is 6.80. The smallest absolute Gasteiger partial charge is 0.123 e. The molecule has 2 aliphatic rings. The molecule has 2 unspecified atom stereocenters. The fraction of sp³-hybridized carbons (Fsp3) is 0.667. The highest BCUT2D eigenvalue weighted by Gasteiger charge is 2.42. The van der Waals surface area contributed by atoms with Crippen molar-refractivity contribution < 1.29 is 4.39 Å². The number of nitrogens with two attached hydrogens (primary N) is 1. The minimum absolute atomic E-state index is 0.164. The molecule has 0 saturated heterocycles. The molecule has 2 atom stereocenters. The summed E-state index contributed by atoms with van der Waals surface area (Å²) in [6.45, 7) is 0. The van der Waals surface area contributed by atoms with Crippen LogP contribution in [0.1, 0.15) is 63.4 Å². The van der Waals surface area contributed by atoms with Crippen molar-refractivity contribution in [3.05, 3.63) is 35.6 Å². The SMILES string of the molecule is NC1(c2ccc(F)cc2)CCCCC1C1CCCCC1. The first-order valence-electron chi connectivity index (χ1n) is 8.25. The summed E-state index contributed by atoms with van der Waals surface area (Å²) in [5, 5.41) is 0. The van der Waals surface area contributed by atoms with Gasteiger partial charge >= 0.3 is 0 Å². The van der Waals surface area contributed by atoms with Crippen molar-refractivity contribution in [3.63, 3.8) is 0 Å². The van der Waals surface area contributed by atoms with Crippen molar-refractivity contribution in [3.8, 4) is 0 Å². The van der Waals surface area contributed by atoms with Crippen LogP contribution >= 0.6 is 0 Å². The topological polar surface area (TPSA) is 26.0 Å². The van der Waals surface area contributed by atoms with E-state index in [2.05, 4.69) is 0 Å². The van der Waals surface area contributed by atoms with Crippen molar-refractivity contribution in [1.29, 1.82) is 0 Å². The van der Waals surface area contributed by atoms with Crippen molar-refractivity contribution in [2.24, 2.45) is 17.6 Å². The standard InChI is InChI=1S/C18H26FN/c19-16-11-9-15(10-12-16)18(20)13-5-4-8-17(18)14-6-2-1-3-7-14/h9-12,14,17H,1-8,13,20H2. The molecule has 1 aromatic rings. The molecule has 0 amide bonds. The van der Waals surface area contributed by atoms with Gasteiger partial charge < -0.3 is 5.73 Å². The first-order chi connectivity index (χ1) is 9.70. The minimum atomic E-state index is -0.228. The molecule has 1 aromatic carbocycles. The molecule has 2 saturated carbocycles. The monoisotopic (exact) mass is 275 g/mol. The number of halogens is 1. The zero-order valence-corrected chi connectivity index (χ0v) is 12.3. The molecule has 0 aromatic heterocycles. The molecule has 110 valence electrons. The van der Waals surface area contributed by atoms with E-state index >= 15 is 0 Å². The van der Waals surface area contributed by atoms with Gasteiger partial charge in [-0.25, -0.2) is 4.39 Å². The van der Waals surface area contributed by atoms with E-state index in [0.29, 0.717) is 5.92 Å². The van der Waals surface area contributed by atoms with Gasteiger partial charge in [-0.1, -0.05) is 57.1 Å². The molecular weight excluding hydrogens is 249 g/mol. The van der Waals surface area contributed by atoms with Crippen LogP contribution in [-0.2, 0) is 5.54 Å². The second-order valence-corrected chi connectivity index (χ2v) is 6.80. The summed E-state index contributed by atoms with van der Waals surface area (Å²) in [4.78, 5) is 0. The van der Waals surface area contributed by atoms with E-state index in [0.717, 1.165) is 17.9 Å². The Bertz CT molecular complexity index is 435. The summed E-state index contributed by atoms with van der Waals surface area (Å²) in [7, 11) is 0. The van der Waals surface area contributed by atoms with Crippen LogP contribution in [0.25, 0.3) is 0 Å². The van der Waals surface area contributed by atoms with Crippen LogP contribution < -0.4 is 5.73 Å². The highest BCUT2D eigenvalue weighted by atomic mass is 19.1. The Kier molecular flexibility index (Phi) is 4.11. The van der Waals surface area contributed by atoms with Gasteiger partial charge in [-0.15, -0.1) is 0 Å². The molecular formula is C18H26FN. The number of hydrogen-bond donors (Lipinski definition) is 1. The lowest BCUT2D eigenvalue weighted by atomic mass is 9.62. The Morgan fingerprint density at radius 1 is 0.900 bits per heavy atom. The molecule has 2 heteroatoms. The summed E-state index contributed by atoms with van der Waals surface area (Å²) in [5.41, 5.74) is 7.80. The Morgan fingerprint density at radius 2 is 1.55 bits per heavy atom. The van der Waals surface area contributed by atoms with Crippen LogP contribution in [0.4, 0.5) is 4.39 Å². The summed E-state index contributed by atoms with van der Waals surface area (Å²) >= 11 is 0. The summed E-state index contributed by atoms with van der Waals surface area (Å²) in [6.07, 6.45) is 11.6. The molecule has 3 rings (SSSR count). The average molecular weight is 275 g/mol. The van der Waals surface area contributed by atoms with Crippen LogP contribution in [0, 0.1) is 17.7 Å². The van der Waals surface area contributed by atoms with Crippen molar-refractivity contribution >= 4 is 0 Å². The van der Waals surface area contributed by atoms with E-state index in [1.165, 1.54) is 51.4 Å². The van der Waals surface area contributed by atoms with E-state index in [1.54, 1.807) is 12.1 Å². The maximum Gasteiger partial charge on any atom is 0.123 e. The van der Waals surface area contributed by atoms with Gasteiger partial charge in [-0.3, -0.25) is 0 Å². The second kappa shape index (κ2) is 5.85. The molecule has 0 spiro atoms. The van der Waals surface area contributed by atoms with E-state index in [9.17, 15) is 4.39 Å². The van der Waals surface area contributed by atoms with Crippen LogP contribution in [-0.4, -0.2) is 0 Å². The first kappa shape index (κ1) is 14.1. The molecule has 2 fully saturated rings. The minimum Gasteiger partial charge on any atom is -0.321 e. The van der Waals surface area contributed by atoms with E-state index in [-0.39, 0.29) is 11.4 Å². The summed E-state index contributed by atoms with van der Waals surface area (Å²) in [5.74, 6) is 1.20. The molecule has 0 aliphatic heterocycles. The first-order valence-corrected chi connectivity index (χ1v) is 8.25.